The van der Waals surface area contributed by atoms with Gasteiger partial charge in [0.25, 0.3) is 0 Å². The van der Waals surface area contributed by atoms with E-state index in [9.17, 15) is 4.79 Å². The molecule has 1 aromatic heterocycles. The highest BCUT2D eigenvalue weighted by atomic mass is 32.1. The zero-order valence-electron chi connectivity index (χ0n) is 18.0. The molecule has 2 fully saturated rings. The molecule has 2 atom stereocenters. The third kappa shape index (κ3) is 6.44. The second-order valence-electron chi connectivity index (χ2n) is 8.57. The number of nitrogens with zero attached hydrogens (tertiary/aromatic N) is 3. The molecule has 3 rings (SSSR count). The minimum absolute atomic E-state index is 0.198. The van der Waals surface area contributed by atoms with Crippen molar-refractivity contribution >= 4 is 23.2 Å². The monoisotopic (exact) mass is 419 g/mol. The summed E-state index contributed by atoms with van der Waals surface area (Å²) in [6.07, 6.45) is 5.17. The van der Waals surface area contributed by atoms with Crippen LogP contribution in [0.5, 0.6) is 0 Å². The smallest absolute Gasteiger partial charge is 0.217 e. The molecule has 0 spiro atoms. The maximum absolute atomic E-state index is 11.4. The fourth-order valence-electron chi connectivity index (χ4n) is 4.51. The predicted octanol–water partition coefficient (Wildman–Crippen LogP) is 3.07. The van der Waals surface area contributed by atoms with Gasteiger partial charge < -0.3 is 16.0 Å². The molecule has 0 aromatic carbocycles. The number of aliphatic imine (C=N–C) groups is 1. The Morgan fingerprint density at radius 2 is 2.14 bits per heavy atom. The number of rotatable bonds is 7. The number of thiophene rings is 1. The van der Waals surface area contributed by atoms with Gasteiger partial charge in [0.15, 0.2) is 5.96 Å². The van der Waals surface area contributed by atoms with E-state index in [-0.39, 0.29) is 5.91 Å². The summed E-state index contributed by atoms with van der Waals surface area (Å²) < 4.78 is 0. The Morgan fingerprint density at radius 3 is 2.79 bits per heavy atom. The average Bonchev–Trinajstić information content (AvgIpc) is 3.23. The molecule has 0 radical (unpaired) electrons. The summed E-state index contributed by atoms with van der Waals surface area (Å²) in [5, 5.41) is 5.65. The van der Waals surface area contributed by atoms with Crippen LogP contribution in [-0.2, 0) is 4.79 Å². The summed E-state index contributed by atoms with van der Waals surface area (Å²) in [4.78, 5) is 22.8. The van der Waals surface area contributed by atoms with E-state index < -0.39 is 0 Å². The van der Waals surface area contributed by atoms with Crippen LogP contribution in [0.3, 0.4) is 0 Å². The van der Waals surface area contributed by atoms with Crippen LogP contribution in [0, 0.1) is 11.8 Å². The molecule has 1 amide bonds. The molecule has 6 nitrogen and oxygen atoms in total. The lowest BCUT2D eigenvalue weighted by Crippen LogP contribution is -2.47. The highest BCUT2D eigenvalue weighted by molar-refractivity contribution is 7.10. The van der Waals surface area contributed by atoms with Crippen molar-refractivity contribution in [2.75, 3.05) is 39.3 Å². The Hall–Kier alpha value is -1.60. The van der Waals surface area contributed by atoms with Crippen molar-refractivity contribution in [1.82, 2.24) is 15.1 Å². The van der Waals surface area contributed by atoms with Crippen molar-refractivity contribution in [3.05, 3.63) is 22.4 Å². The molecule has 0 saturated carbocycles. The predicted molar refractivity (Wildman–Crippen MR) is 121 cm³/mol. The van der Waals surface area contributed by atoms with E-state index in [1.165, 1.54) is 17.7 Å². The Balaban J connectivity index is 1.71. The van der Waals surface area contributed by atoms with Crippen molar-refractivity contribution in [2.45, 2.75) is 52.0 Å². The molecule has 2 aliphatic heterocycles. The maximum atomic E-state index is 11.4. The van der Waals surface area contributed by atoms with Gasteiger partial charge in [0.1, 0.15) is 0 Å². The standard InChI is InChI=1S/C22H37N5OS/c1-3-24-22(27-10-4-6-18(16-27)14-21(23)28)25-15-19(20-7-5-13-29-20)26-11-8-17(2)9-12-26/h5,7,13,17-19H,3-4,6,8-12,14-16H2,1-2H3,(H2,23,28)(H,24,25). The van der Waals surface area contributed by atoms with Crippen molar-refractivity contribution < 1.29 is 4.79 Å². The Bertz CT molecular complexity index is 654. The summed E-state index contributed by atoms with van der Waals surface area (Å²) in [5.41, 5.74) is 5.44. The zero-order chi connectivity index (χ0) is 20.6. The van der Waals surface area contributed by atoms with E-state index in [1.54, 1.807) is 0 Å². The van der Waals surface area contributed by atoms with Crippen LogP contribution in [0.4, 0.5) is 0 Å². The lowest BCUT2D eigenvalue weighted by atomic mass is 9.95. The Kier molecular flexibility index (Phi) is 8.36. The van der Waals surface area contributed by atoms with Gasteiger partial charge in [0.05, 0.1) is 12.6 Å². The number of nitrogens with one attached hydrogen (secondary N) is 1. The number of carbonyl (C=O) groups is 1. The van der Waals surface area contributed by atoms with Crippen LogP contribution in [0.1, 0.15) is 56.9 Å². The molecule has 0 bridgehead atoms. The van der Waals surface area contributed by atoms with Gasteiger partial charge in [-0.15, -0.1) is 11.3 Å². The summed E-state index contributed by atoms with van der Waals surface area (Å²) in [7, 11) is 0. The molecular weight excluding hydrogens is 382 g/mol. The third-order valence-corrected chi connectivity index (χ3v) is 7.16. The molecule has 162 valence electrons. The van der Waals surface area contributed by atoms with Crippen molar-refractivity contribution in [3.63, 3.8) is 0 Å². The minimum atomic E-state index is -0.198. The minimum Gasteiger partial charge on any atom is -0.370 e. The van der Waals surface area contributed by atoms with Gasteiger partial charge in [-0.05, 0) is 69.0 Å². The number of nitrogens with two attached hydrogens (primary N) is 1. The summed E-state index contributed by atoms with van der Waals surface area (Å²) in [6.45, 7) is 10.3. The first-order valence-electron chi connectivity index (χ1n) is 11.2. The maximum Gasteiger partial charge on any atom is 0.217 e. The van der Waals surface area contributed by atoms with Crippen LogP contribution in [-0.4, -0.2) is 60.9 Å². The Morgan fingerprint density at radius 1 is 1.34 bits per heavy atom. The van der Waals surface area contributed by atoms with E-state index in [0.29, 0.717) is 18.4 Å². The largest absolute Gasteiger partial charge is 0.370 e. The van der Waals surface area contributed by atoms with Crippen molar-refractivity contribution in [3.8, 4) is 0 Å². The molecular formula is C22H37N5OS. The van der Waals surface area contributed by atoms with Gasteiger partial charge >= 0.3 is 0 Å². The number of primary amides is 1. The van der Waals surface area contributed by atoms with Gasteiger partial charge in [-0.2, -0.15) is 0 Å². The molecule has 29 heavy (non-hydrogen) atoms. The SMILES string of the molecule is CCNC(=NCC(c1cccs1)N1CCC(C)CC1)N1CCCC(CC(N)=O)C1. The summed E-state index contributed by atoms with van der Waals surface area (Å²) >= 11 is 1.84. The first-order chi connectivity index (χ1) is 14.1. The van der Waals surface area contributed by atoms with E-state index in [0.717, 1.165) is 64.0 Å². The Labute approximate surface area is 179 Å². The number of amides is 1. The van der Waals surface area contributed by atoms with Gasteiger partial charge in [0.2, 0.25) is 5.91 Å². The molecule has 3 heterocycles. The van der Waals surface area contributed by atoms with Crippen LogP contribution >= 0.6 is 11.3 Å². The molecule has 1 aromatic rings. The normalized spacial score (nSPS) is 23.2. The second-order valence-corrected chi connectivity index (χ2v) is 9.55. The first kappa shape index (κ1) is 22.1. The van der Waals surface area contributed by atoms with Crippen LogP contribution in [0.25, 0.3) is 0 Å². The van der Waals surface area contributed by atoms with Crippen molar-refractivity contribution in [1.29, 1.82) is 0 Å². The summed E-state index contributed by atoms with van der Waals surface area (Å²) in [5.74, 6) is 1.94. The topological polar surface area (TPSA) is 74.0 Å². The summed E-state index contributed by atoms with van der Waals surface area (Å²) in [6, 6.07) is 4.75. The number of piperidine rings is 2. The molecule has 3 N–H and O–H groups in total. The van der Waals surface area contributed by atoms with Crippen molar-refractivity contribution in [2.24, 2.45) is 22.6 Å². The van der Waals surface area contributed by atoms with Crippen LogP contribution in [0.15, 0.2) is 22.5 Å². The fourth-order valence-corrected chi connectivity index (χ4v) is 5.37. The van der Waals surface area contributed by atoms with Gasteiger partial charge in [-0.3, -0.25) is 14.7 Å². The molecule has 7 heteroatoms. The molecule has 2 saturated heterocycles. The number of hydrogen-bond donors (Lipinski definition) is 2. The lowest BCUT2D eigenvalue weighted by Gasteiger charge is -2.37. The molecule has 0 aliphatic carbocycles. The number of likely N-dealkylation sites (tertiary alicyclic amines) is 2. The highest BCUT2D eigenvalue weighted by Crippen LogP contribution is 2.30. The zero-order valence-corrected chi connectivity index (χ0v) is 18.8. The fraction of sp³-hybridized carbons (Fsp3) is 0.727. The number of carbonyl (C=O) groups excluding carboxylic acids is 1. The highest BCUT2D eigenvalue weighted by Gasteiger charge is 2.27. The first-order valence-corrected chi connectivity index (χ1v) is 12.0. The second kappa shape index (κ2) is 11.0. The van der Waals surface area contributed by atoms with E-state index in [1.807, 2.05) is 11.3 Å². The van der Waals surface area contributed by atoms with Gasteiger partial charge in [-0.1, -0.05) is 13.0 Å². The lowest BCUT2D eigenvalue weighted by molar-refractivity contribution is -0.119. The molecule has 2 unspecified atom stereocenters. The molecule has 2 aliphatic rings. The van der Waals surface area contributed by atoms with Gasteiger partial charge in [-0.25, -0.2) is 0 Å². The van der Waals surface area contributed by atoms with E-state index in [2.05, 4.69) is 46.5 Å². The van der Waals surface area contributed by atoms with Crippen LogP contribution < -0.4 is 11.1 Å². The number of hydrogen-bond acceptors (Lipinski definition) is 4. The van der Waals surface area contributed by atoms with E-state index in [4.69, 9.17) is 10.7 Å². The van der Waals surface area contributed by atoms with Gasteiger partial charge in [0, 0.05) is 30.9 Å². The van der Waals surface area contributed by atoms with Crippen LogP contribution in [0.2, 0.25) is 0 Å². The third-order valence-electron chi connectivity index (χ3n) is 6.19. The van der Waals surface area contributed by atoms with E-state index >= 15 is 0 Å². The number of guanidine groups is 1. The quantitative estimate of drug-likeness (QED) is 0.526. The average molecular weight is 420 g/mol.